The molecular formula is C24H23ClN2O4. The van der Waals surface area contributed by atoms with Crippen molar-refractivity contribution in [2.45, 2.75) is 32.6 Å². The van der Waals surface area contributed by atoms with Gasteiger partial charge in [0.2, 0.25) is 5.75 Å². The minimum absolute atomic E-state index is 0.0227. The molecule has 0 saturated heterocycles. The fourth-order valence-corrected chi connectivity index (χ4v) is 3.34. The Morgan fingerprint density at radius 3 is 2.45 bits per heavy atom. The summed E-state index contributed by atoms with van der Waals surface area (Å²) in [5, 5.41) is 32.6. The van der Waals surface area contributed by atoms with Crippen LogP contribution in [-0.2, 0) is 11.8 Å². The van der Waals surface area contributed by atoms with Crippen LogP contribution in [0, 0.1) is 10.1 Å². The molecule has 0 heterocycles. The Hall–Kier alpha value is -3.38. The monoisotopic (exact) mass is 438 g/mol. The van der Waals surface area contributed by atoms with E-state index in [4.69, 9.17) is 11.6 Å². The average molecular weight is 439 g/mol. The fraction of sp³-hybridized carbons (Fsp3) is 0.208. The molecule has 0 spiro atoms. The molecule has 0 saturated carbocycles. The van der Waals surface area contributed by atoms with E-state index in [1.54, 1.807) is 30.3 Å². The van der Waals surface area contributed by atoms with E-state index in [0.717, 1.165) is 11.1 Å². The summed E-state index contributed by atoms with van der Waals surface area (Å²) in [6.45, 7) is 6.13. The number of aliphatic imine (C=N–C) groups is 1. The lowest BCUT2D eigenvalue weighted by molar-refractivity contribution is -0.385. The quantitative estimate of drug-likeness (QED) is 0.277. The first-order chi connectivity index (χ1) is 14.6. The molecule has 7 heteroatoms. The van der Waals surface area contributed by atoms with Gasteiger partial charge in [0, 0.05) is 22.9 Å². The van der Waals surface area contributed by atoms with E-state index < -0.39 is 16.4 Å². The summed E-state index contributed by atoms with van der Waals surface area (Å²) in [4.78, 5) is 15.1. The molecule has 3 aromatic rings. The lowest BCUT2D eigenvalue weighted by Crippen LogP contribution is -2.10. The third-order valence-electron chi connectivity index (χ3n) is 4.91. The van der Waals surface area contributed by atoms with Crippen LogP contribution in [0.1, 0.15) is 43.0 Å². The molecule has 0 fully saturated rings. The largest absolute Gasteiger partial charge is 0.506 e. The molecule has 0 aliphatic carbocycles. The standard InChI is InChI=1S/C24H23ClN2O4/c1-24(2,3)18-8-9-22(28)20(13-18)26-14-17-11-15(12-21(23(17)29)27(30)31)10-16-6-4-5-7-19(16)25/h4-9,11-14,28-29H,10H2,1-3H3. The fourth-order valence-electron chi connectivity index (χ4n) is 3.14. The summed E-state index contributed by atoms with van der Waals surface area (Å²) in [5.74, 6) is -0.506. The van der Waals surface area contributed by atoms with Gasteiger partial charge in [0.15, 0.2) is 0 Å². The molecule has 0 radical (unpaired) electrons. The van der Waals surface area contributed by atoms with Crippen molar-refractivity contribution in [3.8, 4) is 11.5 Å². The third-order valence-corrected chi connectivity index (χ3v) is 5.28. The summed E-state index contributed by atoms with van der Waals surface area (Å²) in [7, 11) is 0. The summed E-state index contributed by atoms with van der Waals surface area (Å²) in [6, 6.07) is 15.3. The highest BCUT2D eigenvalue weighted by Crippen LogP contribution is 2.35. The highest BCUT2D eigenvalue weighted by molar-refractivity contribution is 6.31. The summed E-state index contributed by atoms with van der Waals surface area (Å²) in [5.41, 5.74) is 2.31. The van der Waals surface area contributed by atoms with E-state index in [1.165, 1.54) is 12.3 Å². The minimum atomic E-state index is -0.638. The number of hydrogen-bond donors (Lipinski definition) is 2. The first-order valence-corrected chi connectivity index (χ1v) is 10.1. The zero-order chi connectivity index (χ0) is 22.8. The van der Waals surface area contributed by atoms with Gasteiger partial charge in [0.05, 0.1) is 4.92 Å². The van der Waals surface area contributed by atoms with Crippen LogP contribution in [0.2, 0.25) is 5.02 Å². The second-order valence-electron chi connectivity index (χ2n) is 8.29. The van der Waals surface area contributed by atoms with E-state index in [2.05, 4.69) is 4.99 Å². The van der Waals surface area contributed by atoms with E-state index in [-0.39, 0.29) is 16.7 Å². The van der Waals surface area contributed by atoms with Gasteiger partial charge >= 0.3 is 5.69 Å². The predicted octanol–water partition coefficient (Wildman–Crippen LogP) is 6.30. The summed E-state index contributed by atoms with van der Waals surface area (Å²) >= 11 is 6.22. The number of nitro benzene ring substituents is 1. The van der Waals surface area contributed by atoms with Gasteiger partial charge in [-0.05, 0) is 52.8 Å². The molecule has 2 N–H and O–H groups in total. The SMILES string of the molecule is CC(C)(C)c1ccc(O)c(N=Cc2cc(Cc3ccccc3Cl)cc([N+](=O)[O-])c2O)c1. The van der Waals surface area contributed by atoms with Crippen LogP contribution in [-0.4, -0.2) is 21.4 Å². The number of aromatic hydroxyl groups is 2. The van der Waals surface area contributed by atoms with Gasteiger partial charge in [-0.3, -0.25) is 15.1 Å². The van der Waals surface area contributed by atoms with Crippen LogP contribution in [0.3, 0.4) is 0 Å². The number of halogens is 1. The Morgan fingerprint density at radius 2 is 1.81 bits per heavy atom. The van der Waals surface area contributed by atoms with Gasteiger partial charge in [0.1, 0.15) is 11.4 Å². The maximum atomic E-state index is 11.5. The number of nitrogens with zero attached hydrogens (tertiary/aromatic N) is 2. The normalized spacial score (nSPS) is 11.7. The molecule has 6 nitrogen and oxygen atoms in total. The third kappa shape index (κ3) is 5.22. The average Bonchev–Trinajstić information content (AvgIpc) is 2.69. The zero-order valence-electron chi connectivity index (χ0n) is 17.5. The zero-order valence-corrected chi connectivity index (χ0v) is 18.2. The number of hydrogen-bond acceptors (Lipinski definition) is 5. The molecule has 0 atom stereocenters. The molecule has 0 unspecified atom stereocenters. The second kappa shape index (κ2) is 8.78. The number of benzene rings is 3. The van der Waals surface area contributed by atoms with Crippen molar-refractivity contribution in [2.24, 2.45) is 4.99 Å². The lowest BCUT2D eigenvalue weighted by atomic mass is 9.87. The van der Waals surface area contributed by atoms with Gasteiger partial charge in [-0.2, -0.15) is 0 Å². The van der Waals surface area contributed by atoms with Crippen LogP contribution >= 0.6 is 11.6 Å². The summed E-state index contributed by atoms with van der Waals surface area (Å²) in [6.07, 6.45) is 1.67. The molecule has 0 aromatic heterocycles. The number of phenols is 2. The molecule has 3 aromatic carbocycles. The van der Waals surface area contributed by atoms with Gasteiger partial charge in [-0.1, -0.05) is 56.6 Å². The van der Waals surface area contributed by atoms with Crippen molar-refractivity contribution in [2.75, 3.05) is 0 Å². The Morgan fingerprint density at radius 1 is 1.10 bits per heavy atom. The molecule has 3 rings (SSSR count). The van der Waals surface area contributed by atoms with Crippen LogP contribution in [0.15, 0.2) is 59.6 Å². The molecule has 0 aliphatic rings. The topological polar surface area (TPSA) is 96.0 Å². The molecule has 0 bridgehead atoms. The molecule has 160 valence electrons. The predicted molar refractivity (Wildman–Crippen MR) is 123 cm³/mol. The first kappa shape index (κ1) is 22.3. The van der Waals surface area contributed by atoms with Gasteiger partial charge in [-0.15, -0.1) is 0 Å². The Labute approximate surface area is 185 Å². The van der Waals surface area contributed by atoms with Gasteiger partial charge in [-0.25, -0.2) is 0 Å². The first-order valence-electron chi connectivity index (χ1n) is 9.67. The second-order valence-corrected chi connectivity index (χ2v) is 8.70. The van der Waals surface area contributed by atoms with Crippen molar-refractivity contribution >= 4 is 29.2 Å². The van der Waals surface area contributed by atoms with Gasteiger partial charge < -0.3 is 10.2 Å². The van der Waals surface area contributed by atoms with Crippen molar-refractivity contribution < 1.29 is 15.1 Å². The smallest absolute Gasteiger partial charge is 0.311 e. The molecule has 31 heavy (non-hydrogen) atoms. The molecular weight excluding hydrogens is 416 g/mol. The van der Waals surface area contributed by atoms with Crippen LogP contribution in [0.4, 0.5) is 11.4 Å². The van der Waals surface area contributed by atoms with Gasteiger partial charge in [0.25, 0.3) is 0 Å². The lowest BCUT2D eigenvalue weighted by Gasteiger charge is -2.19. The Kier molecular flexibility index (Phi) is 6.32. The maximum absolute atomic E-state index is 11.5. The van der Waals surface area contributed by atoms with E-state index in [0.29, 0.717) is 22.7 Å². The van der Waals surface area contributed by atoms with E-state index in [9.17, 15) is 20.3 Å². The van der Waals surface area contributed by atoms with E-state index >= 15 is 0 Å². The van der Waals surface area contributed by atoms with E-state index in [1.807, 2.05) is 39.0 Å². The Bertz CT molecular complexity index is 1170. The van der Waals surface area contributed by atoms with Crippen molar-refractivity contribution in [3.05, 3.63) is 92.0 Å². The minimum Gasteiger partial charge on any atom is -0.506 e. The van der Waals surface area contributed by atoms with Crippen molar-refractivity contribution in [3.63, 3.8) is 0 Å². The maximum Gasteiger partial charge on any atom is 0.311 e. The summed E-state index contributed by atoms with van der Waals surface area (Å²) < 4.78 is 0. The molecule has 0 aliphatic heterocycles. The highest BCUT2D eigenvalue weighted by atomic mass is 35.5. The van der Waals surface area contributed by atoms with Crippen LogP contribution in [0.25, 0.3) is 0 Å². The molecule has 0 amide bonds. The number of rotatable bonds is 5. The number of phenolic OH excluding ortho intramolecular Hbond substituents is 2. The van der Waals surface area contributed by atoms with Crippen LogP contribution < -0.4 is 0 Å². The number of nitro groups is 1. The van der Waals surface area contributed by atoms with Crippen LogP contribution in [0.5, 0.6) is 11.5 Å². The highest BCUT2D eigenvalue weighted by Gasteiger charge is 2.19. The Balaban J connectivity index is 2.04. The van der Waals surface area contributed by atoms with Crippen molar-refractivity contribution in [1.29, 1.82) is 0 Å². The van der Waals surface area contributed by atoms with Crippen molar-refractivity contribution in [1.82, 2.24) is 0 Å².